The number of fused-ring (bicyclic) bond motifs is 2. The molecule has 10 nitrogen and oxygen atoms in total. The van der Waals surface area contributed by atoms with Crippen LogP contribution in [0.25, 0.3) is 10.2 Å². The lowest BCUT2D eigenvalue weighted by atomic mass is 9.97. The summed E-state index contributed by atoms with van der Waals surface area (Å²) >= 11 is 1.21. The molecule has 0 spiro atoms. The van der Waals surface area contributed by atoms with Gasteiger partial charge in [-0.15, -0.1) is 11.3 Å². The van der Waals surface area contributed by atoms with Gasteiger partial charge in [-0.25, -0.2) is 4.79 Å². The van der Waals surface area contributed by atoms with Crippen LogP contribution >= 0.6 is 11.3 Å². The van der Waals surface area contributed by atoms with Gasteiger partial charge < -0.3 is 20.1 Å². The molecule has 200 valence electrons. The summed E-state index contributed by atoms with van der Waals surface area (Å²) in [7, 11) is 0. The van der Waals surface area contributed by atoms with Gasteiger partial charge in [-0.2, -0.15) is 0 Å². The first-order valence-electron chi connectivity index (χ1n) is 12.8. The molecule has 2 aromatic heterocycles. The van der Waals surface area contributed by atoms with E-state index in [1.54, 1.807) is 23.6 Å². The second-order valence-electron chi connectivity index (χ2n) is 9.38. The Morgan fingerprint density at radius 2 is 1.87 bits per heavy atom. The normalized spacial score (nSPS) is 14.4. The zero-order valence-electron chi connectivity index (χ0n) is 21.0. The van der Waals surface area contributed by atoms with Crippen LogP contribution in [0.1, 0.15) is 44.1 Å². The van der Waals surface area contributed by atoms with Gasteiger partial charge in [0.1, 0.15) is 11.2 Å². The summed E-state index contributed by atoms with van der Waals surface area (Å²) in [6.07, 6.45) is 7.55. The highest BCUT2D eigenvalue weighted by Gasteiger charge is 2.18. The number of aromatic nitrogens is 2. The second kappa shape index (κ2) is 11.7. The van der Waals surface area contributed by atoms with E-state index in [4.69, 9.17) is 9.47 Å². The van der Waals surface area contributed by atoms with E-state index in [9.17, 15) is 19.2 Å². The highest BCUT2D eigenvalue weighted by Crippen LogP contribution is 2.32. The van der Waals surface area contributed by atoms with Gasteiger partial charge in [0.25, 0.3) is 5.56 Å². The van der Waals surface area contributed by atoms with Gasteiger partial charge >= 0.3 is 5.69 Å². The fourth-order valence-electron chi connectivity index (χ4n) is 4.73. The van der Waals surface area contributed by atoms with Crippen LogP contribution < -0.4 is 31.4 Å². The lowest BCUT2D eigenvalue weighted by Gasteiger charge is -2.14. The molecular weight excluding hydrogens is 508 g/mol. The summed E-state index contributed by atoms with van der Waals surface area (Å²) in [4.78, 5) is 51.4. The molecule has 3 aromatic rings. The maximum Gasteiger partial charge on any atom is 0.332 e. The molecule has 0 radical (unpaired) electrons. The fraction of sp³-hybridized carbons (Fsp3) is 0.407. The van der Waals surface area contributed by atoms with Gasteiger partial charge in [0, 0.05) is 26.1 Å². The Morgan fingerprint density at radius 3 is 2.71 bits per heavy atom. The standard InChI is InChI=1S/C27H30N4O6S/c32-23(29-15-19-6-7-21-22(14-19)37-17-36-21)9-12-30-26(34)25-20(10-13-38-25)31(27(30)35)16-24(33)28-11-8-18-4-2-1-3-5-18/h4,6-7,10,13-14H,1-3,5,8-9,11-12,15-17H2,(H,28,33)(H,29,32). The van der Waals surface area contributed by atoms with Crippen molar-refractivity contribution in [2.24, 2.45) is 0 Å². The summed E-state index contributed by atoms with van der Waals surface area (Å²) in [6.45, 7) is 0.674. The predicted octanol–water partition coefficient (Wildman–Crippen LogP) is 2.67. The molecule has 11 heteroatoms. The first-order chi connectivity index (χ1) is 18.5. The number of carbonyl (C=O) groups is 2. The number of nitrogens with one attached hydrogen (secondary N) is 2. The number of nitrogens with zero attached hydrogens (tertiary/aromatic N) is 2. The highest BCUT2D eigenvalue weighted by molar-refractivity contribution is 7.17. The van der Waals surface area contributed by atoms with Crippen LogP contribution in [0, 0.1) is 0 Å². The molecular formula is C27H30N4O6S. The number of hydrogen-bond acceptors (Lipinski definition) is 7. The van der Waals surface area contributed by atoms with E-state index in [2.05, 4.69) is 16.7 Å². The van der Waals surface area contributed by atoms with Crippen LogP contribution in [0.5, 0.6) is 11.5 Å². The minimum Gasteiger partial charge on any atom is -0.454 e. The molecule has 38 heavy (non-hydrogen) atoms. The smallest absolute Gasteiger partial charge is 0.332 e. The molecule has 0 saturated carbocycles. The zero-order valence-corrected chi connectivity index (χ0v) is 21.8. The third-order valence-corrected chi connectivity index (χ3v) is 7.67. The average molecular weight is 539 g/mol. The Balaban J connectivity index is 1.22. The van der Waals surface area contributed by atoms with Crippen molar-refractivity contribution in [3.05, 3.63) is 67.7 Å². The van der Waals surface area contributed by atoms with E-state index in [0.717, 1.165) is 29.4 Å². The van der Waals surface area contributed by atoms with E-state index in [1.165, 1.54) is 34.3 Å². The van der Waals surface area contributed by atoms with Crippen LogP contribution in [0.15, 0.2) is 50.9 Å². The third-order valence-electron chi connectivity index (χ3n) is 6.78. The van der Waals surface area contributed by atoms with Crippen molar-refractivity contribution in [2.45, 2.75) is 58.2 Å². The topological polar surface area (TPSA) is 121 Å². The van der Waals surface area contributed by atoms with Gasteiger partial charge in [0.05, 0.1) is 5.52 Å². The summed E-state index contributed by atoms with van der Waals surface area (Å²) in [5.41, 5.74) is 1.57. The van der Waals surface area contributed by atoms with Crippen LogP contribution in [0.2, 0.25) is 0 Å². The van der Waals surface area contributed by atoms with E-state index >= 15 is 0 Å². The molecule has 3 heterocycles. The number of thiophene rings is 1. The maximum absolute atomic E-state index is 13.2. The number of carbonyl (C=O) groups excluding carboxylic acids is 2. The quantitative estimate of drug-likeness (QED) is 0.383. The minimum atomic E-state index is -0.602. The van der Waals surface area contributed by atoms with Crippen molar-refractivity contribution in [2.75, 3.05) is 13.3 Å². The van der Waals surface area contributed by atoms with E-state index in [1.807, 2.05) is 6.07 Å². The first kappa shape index (κ1) is 25.8. The van der Waals surface area contributed by atoms with Crippen molar-refractivity contribution in [3.63, 3.8) is 0 Å². The summed E-state index contributed by atoms with van der Waals surface area (Å²) in [6, 6.07) is 7.09. The molecule has 2 amide bonds. The van der Waals surface area contributed by atoms with Gasteiger partial charge in [0.2, 0.25) is 18.6 Å². The Hall–Kier alpha value is -3.86. The molecule has 1 aliphatic carbocycles. The van der Waals surface area contributed by atoms with Crippen molar-refractivity contribution in [1.29, 1.82) is 0 Å². The van der Waals surface area contributed by atoms with Gasteiger partial charge in [-0.1, -0.05) is 17.7 Å². The lowest BCUT2D eigenvalue weighted by molar-refractivity contribution is -0.122. The number of allylic oxidation sites excluding steroid dienone is 1. The van der Waals surface area contributed by atoms with Crippen LogP contribution in [-0.2, 0) is 29.2 Å². The Morgan fingerprint density at radius 1 is 1.00 bits per heavy atom. The van der Waals surface area contributed by atoms with Crippen molar-refractivity contribution < 1.29 is 19.1 Å². The molecule has 5 rings (SSSR count). The summed E-state index contributed by atoms with van der Waals surface area (Å²) in [5, 5.41) is 7.41. The lowest BCUT2D eigenvalue weighted by Crippen LogP contribution is -2.43. The van der Waals surface area contributed by atoms with Crippen LogP contribution in [0.3, 0.4) is 0 Å². The zero-order chi connectivity index (χ0) is 26.5. The molecule has 1 aliphatic heterocycles. The molecule has 2 aliphatic rings. The maximum atomic E-state index is 13.2. The molecule has 0 bridgehead atoms. The van der Waals surface area contributed by atoms with Crippen molar-refractivity contribution in [3.8, 4) is 11.5 Å². The number of hydrogen-bond donors (Lipinski definition) is 2. The fourth-order valence-corrected chi connectivity index (χ4v) is 5.57. The minimum absolute atomic E-state index is 0.0577. The van der Waals surface area contributed by atoms with Crippen LogP contribution in [-0.4, -0.2) is 34.3 Å². The van der Waals surface area contributed by atoms with E-state index in [-0.39, 0.29) is 44.7 Å². The Labute approximate surface area is 222 Å². The summed E-state index contributed by atoms with van der Waals surface area (Å²) in [5.74, 6) is 0.697. The molecule has 0 unspecified atom stereocenters. The van der Waals surface area contributed by atoms with Gasteiger partial charge in [-0.3, -0.25) is 23.5 Å². The van der Waals surface area contributed by atoms with Gasteiger partial charge in [-0.05, 0) is 61.2 Å². The Bertz CT molecular complexity index is 1500. The van der Waals surface area contributed by atoms with Crippen molar-refractivity contribution in [1.82, 2.24) is 19.8 Å². The second-order valence-corrected chi connectivity index (χ2v) is 10.3. The number of benzene rings is 1. The third kappa shape index (κ3) is 5.83. The van der Waals surface area contributed by atoms with E-state index < -0.39 is 11.2 Å². The molecule has 0 saturated heterocycles. The van der Waals surface area contributed by atoms with Crippen molar-refractivity contribution >= 4 is 33.4 Å². The number of amides is 2. The van der Waals surface area contributed by atoms with Gasteiger partial charge in [0.15, 0.2) is 11.5 Å². The molecule has 2 N–H and O–H groups in total. The molecule has 1 aromatic carbocycles. The Kier molecular flexibility index (Phi) is 7.92. The van der Waals surface area contributed by atoms with E-state index in [0.29, 0.717) is 28.3 Å². The highest BCUT2D eigenvalue weighted by atomic mass is 32.1. The monoisotopic (exact) mass is 538 g/mol. The van der Waals surface area contributed by atoms with Crippen LogP contribution in [0.4, 0.5) is 0 Å². The largest absolute Gasteiger partial charge is 0.454 e. The SMILES string of the molecule is O=C(CCn1c(=O)c2sccc2n(CC(=O)NCCC2=CCCCC2)c1=O)NCc1ccc2c(c1)OCO2. The molecule has 0 fully saturated rings. The average Bonchev–Trinajstić information content (AvgIpc) is 3.60. The predicted molar refractivity (Wildman–Crippen MR) is 144 cm³/mol. The molecule has 0 atom stereocenters. The first-order valence-corrected chi connectivity index (χ1v) is 13.7. The summed E-state index contributed by atoms with van der Waals surface area (Å²) < 4.78 is 13.4. The number of ether oxygens (including phenoxy) is 2. The number of rotatable bonds is 10.